The minimum absolute atomic E-state index is 0.104. The van der Waals surface area contributed by atoms with Crippen molar-refractivity contribution in [3.63, 3.8) is 0 Å². The SMILES string of the molecule is O=C(NCCCn1ccnc1)c1ccc(N2CCN(C(=O)CC3CCCCC3)CC2)nc1. The summed E-state index contributed by atoms with van der Waals surface area (Å²) < 4.78 is 1.99. The van der Waals surface area contributed by atoms with Crippen molar-refractivity contribution < 1.29 is 9.59 Å². The third-order valence-corrected chi connectivity index (χ3v) is 6.59. The van der Waals surface area contributed by atoms with E-state index in [4.69, 9.17) is 0 Å². The van der Waals surface area contributed by atoms with Crippen LogP contribution in [0.5, 0.6) is 0 Å². The topological polar surface area (TPSA) is 83.4 Å². The summed E-state index contributed by atoms with van der Waals surface area (Å²) in [4.78, 5) is 37.7. The number of nitrogens with one attached hydrogen (secondary N) is 1. The van der Waals surface area contributed by atoms with Gasteiger partial charge in [-0.05, 0) is 37.3 Å². The fraction of sp³-hybridized carbons (Fsp3) is 0.583. The van der Waals surface area contributed by atoms with E-state index in [1.807, 2.05) is 27.8 Å². The van der Waals surface area contributed by atoms with Gasteiger partial charge in [0, 0.05) is 64.3 Å². The van der Waals surface area contributed by atoms with Crippen LogP contribution in [0.3, 0.4) is 0 Å². The zero-order valence-electron chi connectivity index (χ0n) is 18.8. The molecule has 3 heterocycles. The molecular weight excluding hydrogens is 404 g/mol. The van der Waals surface area contributed by atoms with Gasteiger partial charge < -0.3 is 19.7 Å². The number of aryl methyl sites for hydroxylation is 1. The summed E-state index contributed by atoms with van der Waals surface area (Å²) in [6, 6.07) is 3.73. The number of anilines is 1. The second-order valence-electron chi connectivity index (χ2n) is 8.89. The van der Waals surface area contributed by atoms with Crippen molar-refractivity contribution in [1.29, 1.82) is 0 Å². The molecule has 0 unspecified atom stereocenters. The number of carbonyl (C=O) groups excluding carboxylic acids is 2. The van der Waals surface area contributed by atoms with Crippen LogP contribution in [0, 0.1) is 5.92 Å². The second kappa shape index (κ2) is 11.1. The van der Waals surface area contributed by atoms with Crippen molar-refractivity contribution in [3.8, 4) is 0 Å². The number of imidazole rings is 1. The Hall–Kier alpha value is -2.90. The van der Waals surface area contributed by atoms with Crippen LogP contribution in [0.4, 0.5) is 5.82 Å². The highest BCUT2D eigenvalue weighted by Crippen LogP contribution is 2.27. The molecule has 1 aliphatic heterocycles. The standard InChI is InChI=1S/C24H34N6O2/c31-23(17-20-5-2-1-3-6-20)30-15-13-29(14-16-30)22-8-7-21(18-27-22)24(32)26-9-4-11-28-12-10-25-19-28/h7-8,10,12,18-20H,1-6,9,11,13-17H2,(H,26,32). The third kappa shape index (κ3) is 6.08. The van der Waals surface area contributed by atoms with Crippen LogP contribution in [0.25, 0.3) is 0 Å². The number of hydrogen-bond acceptors (Lipinski definition) is 5. The van der Waals surface area contributed by atoms with Gasteiger partial charge in [0.1, 0.15) is 5.82 Å². The number of amides is 2. The number of pyridine rings is 1. The van der Waals surface area contributed by atoms with E-state index in [9.17, 15) is 9.59 Å². The van der Waals surface area contributed by atoms with Crippen molar-refractivity contribution in [3.05, 3.63) is 42.6 Å². The minimum atomic E-state index is -0.104. The van der Waals surface area contributed by atoms with Crippen LogP contribution >= 0.6 is 0 Å². The summed E-state index contributed by atoms with van der Waals surface area (Å²) in [6.45, 7) is 4.48. The van der Waals surface area contributed by atoms with E-state index in [1.165, 1.54) is 32.1 Å². The molecule has 0 radical (unpaired) electrons. The van der Waals surface area contributed by atoms with E-state index < -0.39 is 0 Å². The van der Waals surface area contributed by atoms with Gasteiger partial charge in [-0.3, -0.25) is 9.59 Å². The lowest BCUT2D eigenvalue weighted by atomic mass is 9.86. The normalized spacial score (nSPS) is 17.4. The van der Waals surface area contributed by atoms with Crippen molar-refractivity contribution in [2.75, 3.05) is 37.6 Å². The Morgan fingerprint density at radius 3 is 2.56 bits per heavy atom. The summed E-state index contributed by atoms with van der Waals surface area (Å²) in [5.74, 6) is 1.65. The Morgan fingerprint density at radius 2 is 1.88 bits per heavy atom. The first kappa shape index (κ1) is 22.3. The molecule has 2 aromatic rings. The monoisotopic (exact) mass is 438 g/mol. The average Bonchev–Trinajstić information content (AvgIpc) is 3.36. The van der Waals surface area contributed by atoms with Gasteiger partial charge in [-0.2, -0.15) is 0 Å². The van der Waals surface area contributed by atoms with Gasteiger partial charge in [0.05, 0.1) is 11.9 Å². The smallest absolute Gasteiger partial charge is 0.252 e. The highest BCUT2D eigenvalue weighted by molar-refractivity contribution is 5.94. The summed E-state index contributed by atoms with van der Waals surface area (Å²) >= 11 is 0. The van der Waals surface area contributed by atoms with Gasteiger partial charge in [-0.1, -0.05) is 19.3 Å². The minimum Gasteiger partial charge on any atom is -0.353 e. The number of carbonyl (C=O) groups is 2. The predicted molar refractivity (Wildman–Crippen MR) is 123 cm³/mol. The average molecular weight is 439 g/mol. The molecule has 8 nitrogen and oxygen atoms in total. The van der Waals surface area contributed by atoms with Gasteiger partial charge in [0.25, 0.3) is 5.91 Å². The fourth-order valence-corrected chi connectivity index (χ4v) is 4.64. The summed E-state index contributed by atoms with van der Waals surface area (Å²) in [5.41, 5.74) is 0.567. The van der Waals surface area contributed by atoms with Crippen molar-refractivity contribution in [1.82, 2.24) is 24.8 Å². The molecule has 172 valence electrons. The van der Waals surface area contributed by atoms with Crippen LogP contribution < -0.4 is 10.2 Å². The largest absolute Gasteiger partial charge is 0.353 e. The molecule has 32 heavy (non-hydrogen) atoms. The van der Waals surface area contributed by atoms with E-state index in [0.29, 0.717) is 30.4 Å². The van der Waals surface area contributed by atoms with Gasteiger partial charge >= 0.3 is 0 Å². The molecule has 4 rings (SSSR count). The van der Waals surface area contributed by atoms with Crippen molar-refractivity contribution in [2.24, 2.45) is 5.92 Å². The Morgan fingerprint density at radius 1 is 1.06 bits per heavy atom. The van der Waals surface area contributed by atoms with Crippen LogP contribution in [0.1, 0.15) is 55.3 Å². The van der Waals surface area contributed by atoms with Gasteiger partial charge in [0.15, 0.2) is 0 Å². The molecule has 0 spiro atoms. The first-order valence-electron chi connectivity index (χ1n) is 11.9. The molecule has 1 saturated heterocycles. The maximum atomic E-state index is 12.6. The second-order valence-corrected chi connectivity index (χ2v) is 8.89. The van der Waals surface area contributed by atoms with Crippen molar-refractivity contribution >= 4 is 17.6 Å². The number of hydrogen-bond donors (Lipinski definition) is 1. The summed E-state index contributed by atoms with van der Waals surface area (Å²) in [5, 5.41) is 2.94. The molecular formula is C24H34N6O2. The molecule has 2 aliphatic rings. The fourth-order valence-electron chi connectivity index (χ4n) is 4.64. The lowest BCUT2D eigenvalue weighted by Crippen LogP contribution is -2.49. The molecule has 0 atom stereocenters. The Labute approximate surface area is 190 Å². The summed E-state index contributed by atoms with van der Waals surface area (Å²) in [6.07, 6.45) is 14.9. The molecule has 2 amide bonds. The summed E-state index contributed by atoms with van der Waals surface area (Å²) in [7, 11) is 0. The van der Waals surface area contributed by atoms with Crippen LogP contribution in [0.2, 0.25) is 0 Å². The molecule has 1 aliphatic carbocycles. The van der Waals surface area contributed by atoms with Crippen LogP contribution in [-0.2, 0) is 11.3 Å². The molecule has 2 fully saturated rings. The lowest BCUT2D eigenvalue weighted by Gasteiger charge is -2.36. The number of rotatable bonds is 8. The third-order valence-electron chi connectivity index (χ3n) is 6.59. The molecule has 1 saturated carbocycles. The first-order valence-corrected chi connectivity index (χ1v) is 11.9. The maximum absolute atomic E-state index is 12.6. The van der Waals surface area contributed by atoms with Crippen LogP contribution in [0.15, 0.2) is 37.1 Å². The Balaban J connectivity index is 1.18. The first-order chi connectivity index (χ1) is 15.7. The predicted octanol–water partition coefficient (Wildman–Crippen LogP) is 2.72. The van der Waals surface area contributed by atoms with Crippen LogP contribution in [-0.4, -0.2) is 64.0 Å². The Kier molecular flexibility index (Phi) is 7.74. The van der Waals surface area contributed by atoms with E-state index in [1.54, 1.807) is 18.7 Å². The number of nitrogens with zero attached hydrogens (tertiary/aromatic N) is 5. The van der Waals surface area contributed by atoms with Gasteiger partial charge in [-0.15, -0.1) is 0 Å². The van der Waals surface area contributed by atoms with E-state index in [-0.39, 0.29) is 5.91 Å². The lowest BCUT2D eigenvalue weighted by molar-refractivity contribution is -0.132. The van der Waals surface area contributed by atoms with E-state index in [0.717, 1.165) is 45.0 Å². The molecule has 1 N–H and O–H groups in total. The maximum Gasteiger partial charge on any atom is 0.252 e. The van der Waals surface area contributed by atoms with E-state index >= 15 is 0 Å². The highest BCUT2D eigenvalue weighted by Gasteiger charge is 2.25. The Bertz CT molecular complexity index is 853. The van der Waals surface area contributed by atoms with Gasteiger partial charge in [0.2, 0.25) is 5.91 Å². The highest BCUT2D eigenvalue weighted by atomic mass is 16.2. The number of aromatic nitrogens is 3. The van der Waals surface area contributed by atoms with Gasteiger partial charge in [-0.25, -0.2) is 9.97 Å². The van der Waals surface area contributed by atoms with Crippen molar-refractivity contribution in [2.45, 2.75) is 51.5 Å². The quantitative estimate of drug-likeness (QED) is 0.641. The number of piperazine rings is 1. The van der Waals surface area contributed by atoms with E-state index in [2.05, 4.69) is 20.2 Å². The molecule has 8 heteroatoms. The zero-order valence-corrected chi connectivity index (χ0v) is 18.8. The zero-order chi connectivity index (χ0) is 22.2. The molecule has 2 aromatic heterocycles. The molecule has 0 bridgehead atoms. The molecule has 0 aromatic carbocycles.